The highest BCUT2D eigenvalue weighted by atomic mass is 16.3. The highest BCUT2D eigenvalue weighted by Gasteiger charge is 2.21. The van der Waals surface area contributed by atoms with Gasteiger partial charge in [-0.3, -0.25) is 9.59 Å². The smallest absolute Gasteiger partial charge is 0.242 e. The van der Waals surface area contributed by atoms with Gasteiger partial charge in [0.2, 0.25) is 11.8 Å². The van der Waals surface area contributed by atoms with Crippen molar-refractivity contribution in [3.8, 4) is 0 Å². The fraction of sp³-hybridized carbons (Fsp3) is 0.333. The van der Waals surface area contributed by atoms with E-state index in [9.17, 15) is 9.59 Å². The quantitative estimate of drug-likeness (QED) is 0.493. The Bertz CT molecular complexity index is 408. The Balaban J connectivity index is 2.54. The zero-order chi connectivity index (χ0) is 13.5. The fourth-order valence-electron chi connectivity index (χ4n) is 1.45. The number of aliphatic hydroxyl groups excluding tert-OH is 1. The van der Waals surface area contributed by atoms with Crippen molar-refractivity contribution in [2.45, 2.75) is 18.5 Å². The van der Waals surface area contributed by atoms with E-state index in [-0.39, 0.29) is 0 Å². The Morgan fingerprint density at radius 3 is 2.39 bits per heavy atom. The Hall–Kier alpha value is -1.92. The number of benzene rings is 1. The summed E-state index contributed by atoms with van der Waals surface area (Å²) in [6.45, 7) is -0.543. The van der Waals surface area contributed by atoms with Gasteiger partial charge >= 0.3 is 0 Å². The lowest BCUT2D eigenvalue weighted by molar-refractivity contribution is -0.128. The van der Waals surface area contributed by atoms with Gasteiger partial charge in [-0.15, -0.1) is 0 Å². The van der Waals surface area contributed by atoms with Crippen LogP contribution >= 0.6 is 0 Å². The first kappa shape index (κ1) is 14.1. The largest absolute Gasteiger partial charge is 0.394 e. The van der Waals surface area contributed by atoms with Crippen molar-refractivity contribution in [3.63, 3.8) is 0 Å². The molecule has 6 heteroatoms. The van der Waals surface area contributed by atoms with Crippen LogP contribution in [0.15, 0.2) is 30.3 Å². The molecule has 0 radical (unpaired) electrons. The van der Waals surface area contributed by atoms with E-state index in [4.69, 9.17) is 16.6 Å². The van der Waals surface area contributed by atoms with E-state index < -0.39 is 30.5 Å². The van der Waals surface area contributed by atoms with E-state index in [1.54, 1.807) is 0 Å². The van der Waals surface area contributed by atoms with Gasteiger partial charge in [0.15, 0.2) is 0 Å². The molecule has 1 rings (SSSR count). The van der Waals surface area contributed by atoms with E-state index in [2.05, 4.69) is 5.32 Å². The van der Waals surface area contributed by atoms with Crippen LogP contribution in [0.2, 0.25) is 0 Å². The van der Waals surface area contributed by atoms with Crippen molar-refractivity contribution >= 4 is 11.8 Å². The second-order valence-corrected chi connectivity index (χ2v) is 3.94. The average Bonchev–Trinajstić information content (AvgIpc) is 2.36. The Morgan fingerprint density at radius 2 is 1.89 bits per heavy atom. The van der Waals surface area contributed by atoms with Crippen molar-refractivity contribution in [2.24, 2.45) is 11.5 Å². The topological polar surface area (TPSA) is 118 Å². The number of hydrogen-bond donors (Lipinski definition) is 4. The minimum absolute atomic E-state index is 0.351. The standard InChI is InChI=1S/C12H17N3O3/c13-9(6-8-4-2-1-3-5-8)12(18)15-10(7-16)11(14)17/h1-5,9-10,16H,6-7,13H2,(H2,14,17)(H,15,18)/t9-,10+/m0/s1. The second kappa shape index (κ2) is 6.73. The van der Waals surface area contributed by atoms with E-state index in [1.165, 1.54) is 0 Å². The summed E-state index contributed by atoms with van der Waals surface area (Å²) >= 11 is 0. The third-order valence-corrected chi connectivity index (χ3v) is 2.48. The van der Waals surface area contributed by atoms with Gasteiger partial charge in [0, 0.05) is 0 Å². The predicted molar refractivity (Wildman–Crippen MR) is 66.3 cm³/mol. The molecule has 98 valence electrons. The van der Waals surface area contributed by atoms with Crippen molar-refractivity contribution < 1.29 is 14.7 Å². The summed E-state index contributed by atoms with van der Waals surface area (Å²) in [5, 5.41) is 11.2. The molecule has 0 saturated heterocycles. The Kier molecular flexibility index (Phi) is 5.29. The van der Waals surface area contributed by atoms with Crippen molar-refractivity contribution in [3.05, 3.63) is 35.9 Å². The number of primary amides is 1. The normalized spacial score (nSPS) is 13.7. The molecule has 0 aliphatic rings. The summed E-state index contributed by atoms with van der Waals surface area (Å²) in [6.07, 6.45) is 0.351. The van der Waals surface area contributed by atoms with Crippen LogP contribution < -0.4 is 16.8 Å². The Morgan fingerprint density at radius 1 is 1.28 bits per heavy atom. The third-order valence-electron chi connectivity index (χ3n) is 2.48. The lowest BCUT2D eigenvalue weighted by atomic mass is 10.1. The number of carbonyl (C=O) groups excluding carboxylic acids is 2. The van der Waals surface area contributed by atoms with E-state index in [0.29, 0.717) is 6.42 Å². The van der Waals surface area contributed by atoms with E-state index >= 15 is 0 Å². The van der Waals surface area contributed by atoms with Crippen molar-refractivity contribution in [2.75, 3.05) is 6.61 Å². The van der Waals surface area contributed by atoms with Gasteiger partial charge in [-0.2, -0.15) is 0 Å². The summed E-state index contributed by atoms with van der Waals surface area (Å²) < 4.78 is 0. The maximum atomic E-state index is 11.7. The highest BCUT2D eigenvalue weighted by Crippen LogP contribution is 2.02. The fourth-order valence-corrected chi connectivity index (χ4v) is 1.45. The molecule has 6 nitrogen and oxygen atoms in total. The van der Waals surface area contributed by atoms with Gasteiger partial charge in [-0.05, 0) is 12.0 Å². The summed E-state index contributed by atoms with van der Waals surface area (Å²) in [7, 11) is 0. The van der Waals surface area contributed by atoms with Crippen LogP contribution in [-0.4, -0.2) is 35.6 Å². The van der Waals surface area contributed by atoms with Crippen molar-refractivity contribution in [1.29, 1.82) is 0 Å². The minimum atomic E-state index is -1.10. The van der Waals surface area contributed by atoms with Crippen LogP contribution in [0.3, 0.4) is 0 Å². The molecular formula is C12H17N3O3. The minimum Gasteiger partial charge on any atom is -0.394 e. The summed E-state index contributed by atoms with van der Waals surface area (Å²) in [4.78, 5) is 22.5. The van der Waals surface area contributed by atoms with Crippen LogP contribution in [0.25, 0.3) is 0 Å². The number of nitrogens with two attached hydrogens (primary N) is 2. The maximum Gasteiger partial charge on any atom is 0.242 e. The lowest BCUT2D eigenvalue weighted by Crippen LogP contribution is -2.52. The molecule has 0 fully saturated rings. The summed E-state index contributed by atoms with van der Waals surface area (Å²) in [5.74, 6) is -1.31. The van der Waals surface area contributed by atoms with Gasteiger partial charge in [-0.25, -0.2) is 0 Å². The van der Waals surface area contributed by atoms with Crippen LogP contribution in [0.4, 0.5) is 0 Å². The van der Waals surface area contributed by atoms with Gasteiger partial charge in [0.1, 0.15) is 6.04 Å². The predicted octanol–water partition coefficient (Wildman–Crippen LogP) is -1.48. The SMILES string of the molecule is NC(=O)[C@@H](CO)NC(=O)[C@@H](N)Cc1ccccc1. The molecule has 2 amide bonds. The van der Waals surface area contributed by atoms with Crippen molar-refractivity contribution in [1.82, 2.24) is 5.32 Å². The zero-order valence-electron chi connectivity index (χ0n) is 9.87. The number of nitrogens with one attached hydrogen (secondary N) is 1. The zero-order valence-corrected chi connectivity index (χ0v) is 9.87. The molecule has 0 aliphatic carbocycles. The van der Waals surface area contributed by atoms with Gasteiger partial charge < -0.3 is 21.9 Å². The average molecular weight is 251 g/mol. The van der Waals surface area contributed by atoms with E-state index in [1.807, 2.05) is 30.3 Å². The first-order valence-corrected chi connectivity index (χ1v) is 5.54. The number of hydrogen-bond acceptors (Lipinski definition) is 4. The molecule has 0 aliphatic heterocycles. The van der Waals surface area contributed by atoms with Crippen LogP contribution in [0.5, 0.6) is 0 Å². The lowest BCUT2D eigenvalue weighted by Gasteiger charge is -2.16. The van der Waals surface area contributed by atoms with Crippen LogP contribution in [0.1, 0.15) is 5.56 Å². The number of amides is 2. The number of rotatable bonds is 6. The third kappa shape index (κ3) is 4.15. The molecule has 2 atom stereocenters. The molecule has 6 N–H and O–H groups in total. The molecule has 0 spiro atoms. The Labute approximate surface area is 105 Å². The first-order chi connectivity index (χ1) is 8.54. The molecular weight excluding hydrogens is 234 g/mol. The molecule has 1 aromatic rings. The van der Waals surface area contributed by atoms with Crippen LogP contribution in [-0.2, 0) is 16.0 Å². The molecule has 0 saturated carbocycles. The molecule has 1 aromatic carbocycles. The molecule has 0 unspecified atom stereocenters. The van der Waals surface area contributed by atoms with Crippen LogP contribution in [0, 0.1) is 0 Å². The first-order valence-electron chi connectivity index (χ1n) is 5.54. The number of carbonyl (C=O) groups is 2. The summed E-state index contributed by atoms with van der Waals surface area (Å²) in [6, 6.07) is 7.37. The highest BCUT2D eigenvalue weighted by molar-refractivity contribution is 5.89. The van der Waals surface area contributed by atoms with Gasteiger partial charge in [-0.1, -0.05) is 30.3 Å². The second-order valence-electron chi connectivity index (χ2n) is 3.94. The molecule has 0 bridgehead atoms. The number of aliphatic hydroxyl groups is 1. The summed E-state index contributed by atoms with van der Waals surface area (Å²) in [5.41, 5.74) is 11.6. The molecule has 18 heavy (non-hydrogen) atoms. The maximum absolute atomic E-state index is 11.7. The van der Waals surface area contributed by atoms with Gasteiger partial charge in [0.25, 0.3) is 0 Å². The molecule has 0 aromatic heterocycles. The monoisotopic (exact) mass is 251 g/mol. The van der Waals surface area contributed by atoms with Gasteiger partial charge in [0.05, 0.1) is 12.6 Å². The van der Waals surface area contributed by atoms with E-state index in [0.717, 1.165) is 5.56 Å². The molecule has 0 heterocycles.